The van der Waals surface area contributed by atoms with Gasteiger partial charge in [0.05, 0.1) is 14.2 Å². The molecule has 0 aliphatic heterocycles. The van der Waals surface area contributed by atoms with Crippen molar-refractivity contribution >= 4 is 21.5 Å². The van der Waals surface area contributed by atoms with E-state index in [1.165, 1.54) is 32.8 Å². The zero-order valence-corrected chi connectivity index (χ0v) is 18.9. The fourth-order valence-corrected chi connectivity index (χ4v) is 4.20. The van der Waals surface area contributed by atoms with Crippen molar-refractivity contribution < 1.29 is 9.47 Å². The van der Waals surface area contributed by atoms with Gasteiger partial charge in [0.1, 0.15) is 11.5 Å². The highest BCUT2D eigenvalue weighted by Gasteiger charge is 2.22. The molecular weight excluding hydrogens is 344 g/mol. The fraction of sp³-hybridized carbons (Fsp3) is 0.462. The molecule has 0 fully saturated rings. The third-order valence-electron chi connectivity index (χ3n) is 5.71. The first kappa shape index (κ1) is 20.5. The lowest BCUT2D eigenvalue weighted by Gasteiger charge is -2.24. The third kappa shape index (κ3) is 3.34. The van der Waals surface area contributed by atoms with Crippen LogP contribution in [0.5, 0.6) is 11.5 Å². The van der Waals surface area contributed by atoms with Crippen molar-refractivity contribution in [2.75, 3.05) is 14.2 Å². The maximum Gasteiger partial charge on any atom is 0.130 e. The van der Waals surface area contributed by atoms with Gasteiger partial charge in [-0.2, -0.15) is 0 Å². The molecule has 0 aliphatic rings. The van der Waals surface area contributed by atoms with Crippen molar-refractivity contribution in [3.8, 4) is 11.5 Å². The Morgan fingerprint density at radius 1 is 0.786 bits per heavy atom. The van der Waals surface area contributed by atoms with Crippen LogP contribution in [0.2, 0.25) is 0 Å². The van der Waals surface area contributed by atoms with E-state index in [0.29, 0.717) is 11.8 Å². The SMILES string of the molecule is COc1c(C(C)C)cc(OC)c2c(C(C)C)c3ccc(C(C)(C)C)cc3cc12. The van der Waals surface area contributed by atoms with Gasteiger partial charge in [0.2, 0.25) is 0 Å². The Bertz CT molecular complexity index is 1020. The molecule has 150 valence electrons. The van der Waals surface area contributed by atoms with Crippen molar-refractivity contribution in [2.45, 2.75) is 65.7 Å². The summed E-state index contributed by atoms with van der Waals surface area (Å²) in [6, 6.07) is 11.3. The predicted octanol–water partition coefficient (Wildman–Crippen LogP) is 7.55. The first-order valence-electron chi connectivity index (χ1n) is 10.3. The maximum atomic E-state index is 5.95. The van der Waals surface area contributed by atoms with Gasteiger partial charge < -0.3 is 9.47 Å². The summed E-state index contributed by atoms with van der Waals surface area (Å²) in [5.74, 6) is 2.63. The molecule has 3 rings (SSSR count). The Balaban J connectivity index is 2.57. The Morgan fingerprint density at radius 3 is 1.96 bits per heavy atom. The molecule has 2 nitrogen and oxygen atoms in total. The molecule has 0 spiro atoms. The second-order valence-corrected chi connectivity index (χ2v) is 9.41. The topological polar surface area (TPSA) is 18.5 Å². The van der Waals surface area contributed by atoms with Crippen molar-refractivity contribution in [3.05, 3.63) is 47.0 Å². The van der Waals surface area contributed by atoms with Crippen molar-refractivity contribution in [2.24, 2.45) is 0 Å². The Morgan fingerprint density at radius 2 is 1.46 bits per heavy atom. The van der Waals surface area contributed by atoms with Crippen LogP contribution in [0.1, 0.15) is 77.0 Å². The fourth-order valence-electron chi connectivity index (χ4n) is 4.20. The minimum Gasteiger partial charge on any atom is -0.496 e. The van der Waals surface area contributed by atoms with E-state index >= 15 is 0 Å². The summed E-state index contributed by atoms with van der Waals surface area (Å²) in [5.41, 5.74) is 3.98. The van der Waals surface area contributed by atoms with Crippen LogP contribution in [0.3, 0.4) is 0 Å². The molecule has 3 aromatic rings. The van der Waals surface area contributed by atoms with Crippen molar-refractivity contribution in [1.29, 1.82) is 0 Å². The van der Waals surface area contributed by atoms with E-state index in [2.05, 4.69) is 78.8 Å². The molecular formula is C26H34O2. The molecule has 0 unspecified atom stereocenters. The normalized spacial score (nSPS) is 12.4. The van der Waals surface area contributed by atoms with Gasteiger partial charge in [-0.05, 0) is 51.3 Å². The second-order valence-electron chi connectivity index (χ2n) is 9.41. The van der Waals surface area contributed by atoms with Crippen LogP contribution in [-0.4, -0.2) is 14.2 Å². The maximum absolute atomic E-state index is 5.95. The minimum atomic E-state index is 0.114. The first-order valence-corrected chi connectivity index (χ1v) is 10.3. The second kappa shape index (κ2) is 7.31. The summed E-state index contributed by atoms with van der Waals surface area (Å²) < 4.78 is 11.8. The molecule has 28 heavy (non-hydrogen) atoms. The highest BCUT2D eigenvalue weighted by atomic mass is 16.5. The van der Waals surface area contributed by atoms with Gasteiger partial charge in [-0.3, -0.25) is 0 Å². The average molecular weight is 379 g/mol. The van der Waals surface area contributed by atoms with E-state index in [-0.39, 0.29) is 5.41 Å². The van der Waals surface area contributed by atoms with Crippen LogP contribution < -0.4 is 9.47 Å². The molecule has 0 bridgehead atoms. The largest absolute Gasteiger partial charge is 0.496 e. The molecule has 0 aliphatic carbocycles. The molecule has 0 aromatic heterocycles. The van der Waals surface area contributed by atoms with Gasteiger partial charge in [0, 0.05) is 16.3 Å². The number of fused-ring (bicyclic) bond motifs is 2. The number of hydrogen-bond donors (Lipinski definition) is 0. The Hall–Kier alpha value is -2.22. The molecule has 0 saturated carbocycles. The lowest BCUT2D eigenvalue weighted by atomic mass is 9.82. The van der Waals surface area contributed by atoms with Crippen LogP contribution >= 0.6 is 0 Å². The van der Waals surface area contributed by atoms with E-state index < -0.39 is 0 Å². The van der Waals surface area contributed by atoms with Crippen molar-refractivity contribution in [1.82, 2.24) is 0 Å². The molecule has 2 heteroatoms. The molecule has 0 saturated heterocycles. The lowest BCUT2D eigenvalue weighted by Crippen LogP contribution is -2.10. The summed E-state index contributed by atoms with van der Waals surface area (Å²) >= 11 is 0. The van der Waals surface area contributed by atoms with Gasteiger partial charge in [0.25, 0.3) is 0 Å². The van der Waals surface area contributed by atoms with Gasteiger partial charge in [-0.25, -0.2) is 0 Å². The minimum absolute atomic E-state index is 0.114. The smallest absolute Gasteiger partial charge is 0.130 e. The van der Waals surface area contributed by atoms with Crippen LogP contribution in [0, 0.1) is 0 Å². The highest BCUT2D eigenvalue weighted by Crippen LogP contribution is 2.46. The molecule has 0 amide bonds. The van der Waals surface area contributed by atoms with Crippen LogP contribution in [0.15, 0.2) is 30.3 Å². The van der Waals surface area contributed by atoms with Crippen LogP contribution in [0.4, 0.5) is 0 Å². The first-order chi connectivity index (χ1) is 13.1. The zero-order chi connectivity index (χ0) is 20.8. The zero-order valence-electron chi connectivity index (χ0n) is 18.9. The van der Waals surface area contributed by atoms with Crippen LogP contribution in [-0.2, 0) is 5.41 Å². The van der Waals surface area contributed by atoms with E-state index in [1.807, 2.05) is 0 Å². The number of methoxy groups -OCH3 is 2. The van der Waals surface area contributed by atoms with E-state index in [4.69, 9.17) is 9.47 Å². The molecule has 0 N–H and O–H groups in total. The summed E-state index contributed by atoms with van der Waals surface area (Å²) in [6.07, 6.45) is 0. The van der Waals surface area contributed by atoms with E-state index in [9.17, 15) is 0 Å². The quantitative estimate of drug-likeness (QED) is 0.436. The molecule has 0 radical (unpaired) electrons. The summed E-state index contributed by atoms with van der Waals surface area (Å²) in [5, 5.41) is 4.89. The monoisotopic (exact) mass is 378 g/mol. The summed E-state index contributed by atoms with van der Waals surface area (Å²) in [7, 11) is 3.54. The Kier molecular flexibility index (Phi) is 5.36. The van der Waals surface area contributed by atoms with Gasteiger partial charge in [-0.1, -0.05) is 66.7 Å². The van der Waals surface area contributed by atoms with Crippen molar-refractivity contribution in [3.63, 3.8) is 0 Å². The number of rotatable bonds is 4. The molecule has 3 aromatic carbocycles. The average Bonchev–Trinajstić information content (AvgIpc) is 2.63. The third-order valence-corrected chi connectivity index (χ3v) is 5.71. The van der Waals surface area contributed by atoms with E-state index in [0.717, 1.165) is 16.9 Å². The highest BCUT2D eigenvalue weighted by molar-refractivity contribution is 6.08. The van der Waals surface area contributed by atoms with Crippen LogP contribution in [0.25, 0.3) is 21.5 Å². The number of benzene rings is 3. The summed E-state index contributed by atoms with van der Waals surface area (Å²) in [6.45, 7) is 15.7. The summed E-state index contributed by atoms with van der Waals surface area (Å²) in [4.78, 5) is 0. The van der Waals surface area contributed by atoms with Gasteiger partial charge >= 0.3 is 0 Å². The van der Waals surface area contributed by atoms with Gasteiger partial charge in [-0.15, -0.1) is 0 Å². The Labute approximate surface area is 169 Å². The van der Waals surface area contributed by atoms with E-state index in [1.54, 1.807) is 14.2 Å². The predicted molar refractivity (Wildman–Crippen MR) is 121 cm³/mol. The standard InChI is InChI=1S/C26H34O2/c1-15(2)20-14-22(27-8)24-21(25(20)28-9)13-17-12-18(26(5,6)7)10-11-19(17)23(24)16(3)4/h10-16H,1-9H3. The molecule has 0 atom stereocenters. The molecule has 0 heterocycles. The number of ether oxygens (including phenoxy) is 2. The lowest BCUT2D eigenvalue weighted by molar-refractivity contribution is 0.404. The number of hydrogen-bond acceptors (Lipinski definition) is 2. The van der Waals surface area contributed by atoms with Gasteiger partial charge in [0.15, 0.2) is 0 Å².